The molecule has 0 radical (unpaired) electrons. The zero-order valence-electron chi connectivity index (χ0n) is 11.9. The number of halogens is 1. The summed E-state index contributed by atoms with van der Waals surface area (Å²) in [6, 6.07) is 16.6. The molecule has 0 aliphatic rings. The summed E-state index contributed by atoms with van der Waals surface area (Å²) < 4.78 is 5.16. The van der Waals surface area contributed by atoms with Gasteiger partial charge in [-0.2, -0.15) is 0 Å². The summed E-state index contributed by atoms with van der Waals surface area (Å²) in [7, 11) is 1.71. The predicted molar refractivity (Wildman–Crippen MR) is 83.9 cm³/mol. The van der Waals surface area contributed by atoms with Gasteiger partial charge in [-0.25, -0.2) is 0 Å². The van der Waals surface area contributed by atoms with Gasteiger partial charge in [0.25, 0.3) is 0 Å². The average Bonchev–Trinajstić information content (AvgIpc) is 2.46. The Morgan fingerprint density at radius 1 is 1.10 bits per heavy atom. The smallest absolute Gasteiger partial charge is 0.0713 e. The zero-order chi connectivity index (χ0) is 14.4. The largest absolute Gasteiger partial charge is 0.380 e. The summed E-state index contributed by atoms with van der Waals surface area (Å²) in [5.74, 6) is 0. The van der Waals surface area contributed by atoms with Gasteiger partial charge in [-0.15, -0.1) is 0 Å². The van der Waals surface area contributed by atoms with Crippen LogP contribution >= 0.6 is 11.6 Å². The fourth-order valence-corrected chi connectivity index (χ4v) is 2.50. The number of ether oxygens (including phenoxy) is 1. The van der Waals surface area contributed by atoms with Crippen LogP contribution in [0.5, 0.6) is 0 Å². The van der Waals surface area contributed by atoms with Gasteiger partial charge in [-0.05, 0) is 29.7 Å². The van der Waals surface area contributed by atoms with Crippen molar-refractivity contribution in [3.05, 3.63) is 70.2 Å². The quantitative estimate of drug-likeness (QED) is 0.854. The molecule has 2 nitrogen and oxygen atoms in total. The highest BCUT2D eigenvalue weighted by atomic mass is 35.5. The van der Waals surface area contributed by atoms with Crippen LogP contribution in [0.25, 0.3) is 0 Å². The van der Waals surface area contributed by atoms with Gasteiger partial charge in [0.15, 0.2) is 0 Å². The maximum absolute atomic E-state index is 6.21. The highest BCUT2D eigenvalue weighted by Crippen LogP contribution is 2.22. The molecule has 0 spiro atoms. The Labute approximate surface area is 125 Å². The molecule has 0 saturated heterocycles. The van der Waals surface area contributed by atoms with Crippen LogP contribution in [-0.2, 0) is 17.9 Å². The van der Waals surface area contributed by atoms with Gasteiger partial charge in [0, 0.05) is 24.7 Å². The first-order valence-corrected chi connectivity index (χ1v) is 7.13. The van der Waals surface area contributed by atoms with Crippen LogP contribution in [0.3, 0.4) is 0 Å². The minimum atomic E-state index is 0.217. The Hall–Kier alpha value is -1.35. The number of nitrogens with one attached hydrogen (secondary N) is 1. The van der Waals surface area contributed by atoms with E-state index >= 15 is 0 Å². The second-order valence-electron chi connectivity index (χ2n) is 4.88. The molecule has 3 heteroatoms. The van der Waals surface area contributed by atoms with Crippen molar-refractivity contribution in [2.24, 2.45) is 0 Å². The standard InChI is InChI=1S/C17H20ClNO/c1-13(16-8-3-4-9-17(16)18)19-11-14-6-5-7-15(10-14)12-20-2/h3-10,13,19H,11-12H2,1-2H3/t13-/m0/s1. The van der Waals surface area contributed by atoms with Crippen molar-refractivity contribution >= 4 is 11.6 Å². The van der Waals surface area contributed by atoms with Crippen LogP contribution in [0.4, 0.5) is 0 Å². The van der Waals surface area contributed by atoms with Crippen molar-refractivity contribution in [3.8, 4) is 0 Å². The molecule has 0 fully saturated rings. The Kier molecular flexibility index (Phi) is 5.60. The molecule has 0 aliphatic carbocycles. The first kappa shape index (κ1) is 15.0. The lowest BCUT2D eigenvalue weighted by molar-refractivity contribution is 0.185. The van der Waals surface area contributed by atoms with Crippen LogP contribution < -0.4 is 5.32 Å². The monoisotopic (exact) mass is 289 g/mol. The molecule has 106 valence electrons. The predicted octanol–water partition coefficient (Wildman–Crippen LogP) is 4.34. The Bertz CT molecular complexity index is 556. The summed E-state index contributed by atoms with van der Waals surface area (Å²) in [5.41, 5.74) is 3.57. The van der Waals surface area contributed by atoms with E-state index in [-0.39, 0.29) is 6.04 Å². The van der Waals surface area contributed by atoms with Crippen molar-refractivity contribution in [2.75, 3.05) is 7.11 Å². The van der Waals surface area contributed by atoms with Gasteiger partial charge < -0.3 is 10.1 Å². The molecule has 2 aromatic carbocycles. The van der Waals surface area contributed by atoms with Crippen molar-refractivity contribution < 1.29 is 4.74 Å². The maximum Gasteiger partial charge on any atom is 0.0713 e. The van der Waals surface area contributed by atoms with Crippen molar-refractivity contribution in [1.82, 2.24) is 5.32 Å². The van der Waals surface area contributed by atoms with E-state index in [4.69, 9.17) is 16.3 Å². The van der Waals surface area contributed by atoms with Gasteiger partial charge in [0.2, 0.25) is 0 Å². The van der Waals surface area contributed by atoms with Crippen LogP contribution in [0.15, 0.2) is 48.5 Å². The Balaban J connectivity index is 1.98. The number of rotatable bonds is 6. The van der Waals surface area contributed by atoms with Crippen molar-refractivity contribution in [1.29, 1.82) is 0 Å². The fourth-order valence-electron chi connectivity index (χ4n) is 2.20. The van der Waals surface area contributed by atoms with Crippen molar-refractivity contribution in [3.63, 3.8) is 0 Å². The molecule has 1 atom stereocenters. The molecule has 0 aliphatic heterocycles. The molecule has 0 heterocycles. The van der Waals surface area contributed by atoms with Gasteiger partial charge in [-0.1, -0.05) is 54.1 Å². The van der Waals surface area contributed by atoms with Crippen LogP contribution in [0.2, 0.25) is 5.02 Å². The average molecular weight is 290 g/mol. The van der Waals surface area contributed by atoms with E-state index in [1.165, 1.54) is 11.1 Å². The van der Waals surface area contributed by atoms with Gasteiger partial charge >= 0.3 is 0 Å². The first-order valence-electron chi connectivity index (χ1n) is 6.75. The second kappa shape index (κ2) is 7.44. The Morgan fingerprint density at radius 2 is 1.85 bits per heavy atom. The third-order valence-corrected chi connectivity index (χ3v) is 3.63. The maximum atomic E-state index is 6.21. The van der Waals surface area contributed by atoms with E-state index in [0.717, 1.165) is 17.1 Å². The zero-order valence-corrected chi connectivity index (χ0v) is 12.7. The molecule has 0 aromatic heterocycles. The molecule has 0 saturated carbocycles. The second-order valence-corrected chi connectivity index (χ2v) is 5.28. The third kappa shape index (κ3) is 4.07. The molecule has 2 aromatic rings. The molecule has 2 rings (SSSR count). The molecule has 20 heavy (non-hydrogen) atoms. The van der Waals surface area contributed by atoms with Crippen LogP contribution in [0, 0.1) is 0 Å². The summed E-state index contributed by atoms with van der Waals surface area (Å²) in [6.07, 6.45) is 0. The van der Waals surface area contributed by atoms with Gasteiger partial charge in [-0.3, -0.25) is 0 Å². The summed E-state index contributed by atoms with van der Waals surface area (Å²) in [4.78, 5) is 0. The van der Waals surface area contributed by atoms with E-state index in [2.05, 4.69) is 42.6 Å². The molecule has 1 N–H and O–H groups in total. The molecule has 0 unspecified atom stereocenters. The first-order chi connectivity index (χ1) is 9.70. The minimum absolute atomic E-state index is 0.217. The van der Waals surface area contributed by atoms with Gasteiger partial charge in [0.1, 0.15) is 0 Å². The number of methoxy groups -OCH3 is 1. The summed E-state index contributed by atoms with van der Waals surface area (Å²) in [5, 5.41) is 4.31. The van der Waals surface area contributed by atoms with E-state index < -0.39 is 0 Å². The number of hydrogen-bond donors (Lipinski definition) is 1. The van der Waals surface area contributed by atoms with Crippen LogP contribution in [-0.4, -0.2) is 7.11 Å². The van der Waals surface area contributed by atoms with Gasteiger partial charge in [0.05, 0.1) is 6.61 Å². The highest BCUT2D eigenvalue weighted by molar-refractivity contribution is 6.31. The molecule has 0 bridgehead atoms. The number of benzene rings is 2. The SMILES string of the molecule is COCc1cccc(CN[C@@H](C)c2ccccc2Cl)c1. The fraction of sp³-hybridized carbons (Fsp3) is 0.294. The van der Waals surface area contributed by atoms with E-state index in [1.54, 1.807) is 7.11 Å². The van der Waals surface area contributed by atoms with E-state index in [1.807, 2.05) is 18.2 Å². The third-order valence-electron chi connectivity index (χ3n) is 3.29. The number of hydrogen-bond acceptors (Lipinski definition) is 2. The van der Waals surface area contributed by atoms with Crippen LogP contribution in [0.1, 0.15) is 29.7 Å². The molecular formula is C17H20ClNO. The summed E-state index contributed by atoms with van der Waals surface area (Å²) >= 11 is 6.21. The molecular weight excluding hydrogens is 270 g/mol. The lowest BCUT2D eigenvalue weighted by Gasteiger charge is -2.16. The highest BCUT2D eigenvalue weighted by Gasteiger charge is 2.08. The summed E-state index contributed by atoms with van der Waals surface area (Å²) in [6.45, 7) is 3.58. The van der Waals surface area contributed by atoms with Crippen molar-refractivity contribution in [2.45, 2.75) is 26.1 Å². The normalized spacial score (nSPS) is 12.3. The van der Waals surface area contributed by atoms with E-state index in [0.29, 0.717) is 6.61 Å². The van der Waals surface area contributed by atoms with E-state index in [9.17, 15) is 0 Å². The lowest BCUT2D eigenvalue weighted by atomic mass is 10.1. The lowest BCUT2D eigenvalue weighted by Crippen LogP contribution is -2.18. The molecule has 0 amide bonds. The Morgan fingerprint density at radius 3 is 2.60 bits per heavy atom. The topological polar surface area (TPSA) is 21.3 Å². The minimum Gasteiger partial charge on any atom is -0.380 e.